The second kappa shape index (κ2) is 8.86. The van der Waals surface area contributed by atoms with Gasteiger partial charge in [0.05, 0.1) is 11.5 Å². The summed E-state index contributed by atoms with van der Waals surface area (Å²) in [5.41, 5.74) is 1.09. The molecule has 0 spiro atoms. The van der Waals surface area contributed by atoms with Crippen molar-refractivity contribution in [2.45, 2.75) is 19.8 Å². The number of thioether (sulfide) groups is 1. The minimum absolute atomic E-state index is 0.160. The number of ether oxygens (including phenoxy) is 1. The fourth-order valence-electron chi connectivity index (χ4n) is 2.48. The lowest BCUT2D eigenvalue weighted by molar-refractivity contribution is -0.121. The van der Waals surface area contributed by atoms with Crippen molar-refractivity contribution in [3.63, 3.8) is 0 Å². The van der Waals surface area contributed by atoms with Gasteiger partial charge in [0.15, 0.2) is 5.17 Å². The number of benzene rings is 2. The Labute approximate surface area is 162 Å². The van der Waals surface area contributed by atoms with Gasteiger partial charge < -0.3 is 4.74 Å². The molecule has 0 aliphatic carbocycles. The summed E-state index contributed by atoms with van der Waals surface area (Å²) >= 11 is 1.23. The summed E-state index contributed by atoms with van der Waals surface area (Å²) in [6.07, 6.45) is 3.88. The molecule has 2 aromatic rings. The van der Waals surface area contributed by atoms with E-state index in [1.807, 2.05) is 24.3 Å². The number of carbonyl (C=O) groups is 1. The SMILES string of the molecule is CCCCOc1cccc(/C=C2/SC(=Nc3ccccc3F)N(C)C2=O)c1. The minimum atomic E-state index is -0.416. The summed E-state index contributed by atoms with van der Waals surface area (Å²) in [5.74, 6) is 0.204. The Kier molecular flexibility index (Phi) is 6.29. The highest BCUT2D eigenvalue weighted by molar-refractivity contribution is 8.18. The molecule has 140 valence electrons. The monoisotopic (exact) mass is 384 g/mol. The molecule has 0 unspecified atom stereocenters. The summed E-state index contributed by atoms with van der Waals surface area (Å²) in [4.78, 5) is 18.8. The molecule has 6 heteroatoms. The zero-order chi connectivity index (χ0) is 19.2. The molecule has 0 N–H and O–H groups in total. The van der Waals surface area contributed by atoms with Crippen LogP contribution in [0.15, 0.2) is 58.4 Å². The van der Waals surface area contributed by atoms with E-state index in [9.17, 15) is 9.18 Å². The molecular formula is C21H21FN2O2S. The second-order valence-corrected chi connectivity index (χ2v) is 7.10. The van der Waals surface area contributed by atoms with Gasteiger partial charge >= 0.3 is 0 Å². The Bertz CT molecular complexity index is 895. The number of amides is 1. The molecule has 27 heavy (non-hydrogen) atoms. The number of rotatable bonds is 6. The smallest absolute Gasteiger partial charge is 0.266 e. The second-order valence-electron chi connectivity index (χ2n) is 6.10. The van der Waals surface area contributed by atoms with Crippen molar-refractivity contribution in [2.75, 3.05) is 13.7 Å². The molecule has 3 rings (SSSR count). The summed E-state index contributed by atoms with van der Waals surface area (Å²) in [6, 6.07) is 13.9. The van der Waals surface area contributed by atoms with Crippen LogP contribution in [0.1, 0.15) is 25.3 Å². The van der Waals surface area contributed by atoms with E-state index in [-0.39, 0.29) is 11.6 Å². The highest BCUT2D eigenvalue weighted by Gasteiger charge is 2.30. The molecule has 0 saturated carbocycles. The van der Waals surface area contributed by atoms with Gasteiger partial charge in [-0.05, 0) is 54.1 Å². The van der Waals surface area contributed by atoms with Crippen LogP contribution in [-0.4, -0.2) is 29.6 Å². The molecule has 1 saturated heterocycles. The number of unbranched alkanes of at least 4 members (excludes halogenated alkanes) is 1. The first-order valence-corrected chi connectivity index (χ1v) is 9.64. The number of aliphatic imine (C=N–C) groups is 1. The molecule has 0 aromatic heterocycles. The van der Waals surface area contributed by atoms with Crippen LogP contribution in [0.25, 0.3) is 6.08 Å². The van der Waals surface area contributed by atoms with Crippen molar-refractivity contribution >= 4 is 34.6 Å². The van der Waals surface area contributed by atoms with Crippen LogP contribution in [0, 0.1) is 5.82 Å². The average molecular weight is 384 g/mol. The van der Waals surface area contributed by atoms with Crippen molar-refractivity contribution in [1.29, 1.82) is 0 Å². The highest BCUT2D eigenvalue weighted by Crippen LogP contribution is 2.34. The average Bonchev–Trinajstić information content (AvgIpc) is 2.92. The van der Waals surface area contributed by atoms with Gasteiger partial charge in [-0.15, -0.1) is 0 Å². The molecule has 0 atom stereocenters. The van der Waals surface area contributed by atoms with E-state index in [1.165, 1.54) is 22.7 Å². The van der Waals surface area contributed by atoms with Crippen LogP contribution in [0.3, 0.4) is 0 Å². The van der Waals surface area contributed by atoms with Gasteiger partial charge in [-0.2, -0.15) is 0 Å². The number of nitrogens with zero attached hydrogens (tertiary/aromatic N) is 2. The first-order valence-electron chi connectivity index (χ1n) is 8.82. The van der Waals surface area contributed by atoms with Gasteiger partial charge in [-0.3, -0.25) is 9.69 Å². The number of likely N-dealkylation sites (N-methyl/N-ethyl adjacent to an activating group) is 1. The van der Waals surface area contributed by atoms with Crippen LogP contribution in [0.4, 0.5) is 10.1 Å². The van der Waals surface area contributed by atoms with Crippen molar-refractivity contribution < 1.29 is 13.9 Å². The van der Waals surface area contributed by atoms with E-state index in [2.05, 4.69) is 11.9 Å². The number of hydrogen-bond donors (Lipinski definition) is 0. The van der Waals surface area contributed by atoms with E-state index in [0.29, 0.717) is 16.7 Å². The van der Waals surface area contributed by atoms with Gasteiger partial charge in [0.25, 0.3) is 5.91 Å². The third kappa shape index (κ3) is 4.77. The third-order valence-corrected chi connectivity index (χ3v) is 5.05. The Morgan fingerprint density at radius 2 is 2.04 bits per heavy atom. The zero-order valence-electron chi connectivity index (χ0n) is 15.3. The number of halogens is 1. The van der Waals surface area contributed by atoms with E-state index in [1.54, 1.807) is 31.3 Å². The van der Waals surface area contributed by atoms with Gasteiger partial charge in [-0.25, -0.2) is 9.38 Å². The van der Waals surface area contributed by atoms with Crippen LogP contribution < -0.4 is 4.74 Å². The fourth-order valence-corrected chi connectivity index (χ4v) is 3.46. The van der Waals surface area contributed by atoms with Gasteiger partial charge in [0, 0.05) is 7.05 Å². The Morgan fingerprint density at radius 3 is 2.81 bits per heavy atom. The van der Waals surface area contributed by atoms with Crippen LogP contribution in [0.5, 0.6) is 5.75 Å². The molecule has 2 aromatic carbocycles. The highest BCUT2D eigenvalue weighted by atomic mass is 32.2. The lowest BCUT2D eigenvalue weighted by Gasteiger charge is -2.07. The Morgan fingerprint density at radius 1 is 1.22 bits per heavy atom. The van der Waals surface area contributed by atoms with Crippen molar-refractivity contribution in [3.05, 3.63) is 64.8 Å². The number of hydrogen-bond acceptors (Lipinski definition) is 4. The largest absolute Gasteiger partial charge is 0.494 e. The molecule has 1 amide bonds. The van der Waals surface area contributed by atoms with Crippen LogP contribution in [-0.2, 0) is 4.79 Å². The molecule has 1 aliphatic heterocycles. The maximum Gasteiger partial charge on any atom is 0.266 e. The lowest BCUT2D eigenvalue weighted by Crippen LogP contribution is -2.23. The number of para-hydroxylation sites is 1. The van der Waals surface area contributed by atoms with Gasteiger partial charge in [-0.1, -0.05) is 37.6 Å². The first-order chi connectivity index (χ1) is 13.1. The molecular weight excluding hydrogens is 363 g/mol. The minimum Gasteiger partial charge on any atom is -0.494 e. The maximum atomic E-state index is 13.8. The van der Waals surface area contributed by atoms with Crippen LogP contribution >= 0.6 is 11.8 Å². The van der Waals surface area contributed by atoms with E-state index in [0.717, 1.165) is 24.2 Å². The van der Waals surface area contributed by atoms with Gasteiger partial charge in [0.1, 0.15) is 17.3 Å². The quantitative estimate of drug-likeness (QED) is 0.505. The molecule has 1 heterocycles. The number of amidine groups is 1. The Hall–Kier alpha value is -2.60. The van der Waals surface area contributed by atoms with Crippen molar-refractivity contribution in [2.24, 2.45) is 4.99 Å². The Balaban J connectivity index is 1.80. The lowest BCUT2D eigenvalue weighted by atomic mass is 10.2. The predicted molar refractivity (Wildman–Crippen MR) is 109 cm³/mol. The fraction of sp³-hybridized carbons (Fsp3) is 0.238. The van der Waals surface area contributed by atoms with Gasteiger partial charge in [0.2, 0.25) is 0 Å². The predicted octanol–water partition coefficient (Wildman–Crippen LogP) is 5.24. The summed E-state index contributed by atoms with van der Waals surface area (Å²) in [6.45, 7) is 2.79. The summed E-state index contributed by atoms with van der Waals surface area (Å²) in [5, 5.41) is 0.451. The third-order valence-electron chi connectivity index (χ3n) is 3.99. The van der Waals surface area contributed by atoms with E-state index < -0.39 is 5.82 Å². The van der Waals surface area contributed by atoms with E-state index in [4.69, 9.17) is 4.74 Å². The van der Waals surface area contributed by atoms with E-state index >= 15 is 0 Å². The van der Waals surface area contributed by atoms with Crippen molar-refractivity contribution in [3.8, 4) is 5.75 Å². The summed E-state index contributed by atoms with van der Waals surface area (Å²) < 4.78 is 19.6. The maximum absolute atomic E-state index is 13.8. The first kappa shape index (κ1) is 19.2. The topological polar surface area (TPSA) is 41.9 Å². The summed E-state index contributed by atoms with van der Waals surface area (Å²) in [7, 11) is 1.64. The zero-order valence-corrected chi connectivity index (χ0v) is 16.1. The number of carbonyl (C=O) groups excluding carboxylic acids is 1. The van der Waals surface area contributed by atoms with Crippen molar-refractivity contribution in [1.82, 2.24) is 4.90 Å². The molecule has 4 nitrogen and oxygen atoms in total. The molecule has 0 radical (unpaired) electrons. The van der Waals surface area contributed by atoms with Crippen LogP contribution in [0.2, 0.25) is 0 Å². The standard InChI is InChI=1S/C21H21FN2O2S/c1-3-4-12-26-16-9-7-8-15(13-16)14-19-20(25)24(2)21(27-19)23-18-11-6-5-10-17(18)22/h5-11,13-14H,3-4,12H2,1-2H3/b19-14+,23-21?. The molecule has 0 bridgehead atoms. The normalized spacial score (nSPS) is 17.1. The molecule has 1 aliphatic rings. The molecule has 1 fully saturated rings.